The molecular formula is C23H28F3N3O3S. The van der Waals surface area contributed by atoms with E-state index in [1.54, 1.807) is 30.3 Å². The van der Waals surface area contributed by atoms with Gasteiger partial charge < -0.3 is 9.80 Å². The van der Waals surface area contributed by atoms with Gasteiger partial charge in [0.2, 0.25) is 10.0 Å². The van der Waals surface area contributed by atoms with Crippen LogP contribution >= 0.6 is 0 Å². The zero-order chi connectivity index (χ0) is 24.0. The molecule has 10 heteroatoms. The molecule has 4 rings (SSSR count). The van der Waals surface area contributed by atoms with Gasteiger partial charge in [-0.1, -0.05) is 42.5 Å². The van der Waals surface area contributed by atoms with Gasteiger partial charge in [-0.2, -0.15) is 0 Å². The van der Waals surface area contributed by atoms with Crippen molar-refractivity contribution in [1.29, 1.82) is 0 Å². The summed E-state index contributed by atoms with van der Waals surface area (Å²) in [5.74, 6) is 0. The van der Waals surface area contributed by atoms with Crippen LogP contribution in [0.15, 0.2) is 48.6 Å². The fraction of sp³-hybridized carbons (Fsp3) is 0.522. The lowest BCUT2D eigenvalue weighted by Gasteiger charge is -2.37. The van der Waals surface area contributed by atoms with Gasteiger partial charge in [-0.25, -0.2) is 31.1 Å². The number of hydrogen-bond donors (Lipinski definition) is 1. The minimum Gasteiger partial charge on any atom is -0.331 e. The quantitative estimate of drug-likeness (QED) is 0.676. The summed E-state index contributed by atoms with van der Waals surface area (Å²) in [6, 6.07) is 5.37. The summed E-state index contributed by atoms with van der Waals surface area (Å²) in [6.07, 6.45) is 0.496. The van der Waals surface area contributed by atoms with Gasteiger partial charge in [0.1, 0.15) is 6.17 Å². The molecule has 5 atom stereocenters. The number of nitrogens with one attached hydrogen (secondary N) is 1. The van der Waals surface area contributed by atoms with Gasteiger partial charge in [-0.3, -0.25) is 0 Å². The Labute approximate surface area is 192 Å². The minimum absolute atomic E-state index is 0.135. The predicted octanol–water partition coefficient (Wildman–Crippen LogP) is 3.23. The number of rotatable bonds is 6. The summed E-state index contributed by atoms with van der Waals surface area (Å²) in [7, 11) is -0.888. The maximum Gasteiger partial charge on any atom is 0.319 e. The van der Waals surface area contributed by atoms with Crippen molar-refractivity contribution >= 4 is 21.6 Å². The van der Waals surface area contributed by atoms with Crippen LogP contribution in [0.2, 0.25) is 0 Å². The second kappa shape index (κ2) is 8.79. The highest BCUT2D eigenvalue weighted by molar-refractivity contribution is 7.90. The first-order valence-electron chi connectivity index (χ1n) is 10.9. The molecule has 33 heavy (non-hydrogen) atoms. The molecular weight excluding hydrogens is 455 g/mol. The van der Waals surface area contributed by atoms with Crippen molar-refractivity contribution in [3.05, 3.63) is 54.1 Å². The van der Waals surface area contributed by atoms with Crippen molar-refractivity contribution in [3.8, 4) is 0 Å². The first kappa shape index (κ1) is 23.8. The highest BCUT2D eigenvalue weighted by atomic mass is 32.2. The molecule has 1 aliphatic heterocycles. The number of sulfonamides is 1. The maximum atomic E-state index is 16.1. The number of likely N-dealkylation sites (tertiary alicyclic amines) is 1. The molecule has 2 fully saturated rings. The third kappa shape index (κ3) is 4.68. The van der Waals surface area contributed by atoms with Crippen LogP contribution in [-0.4, -0.2) is 80.2 Å². The fourth-order valence-electron chi connectivity index (χ4n) is 4.51. The molecule has 3 aliphatic rings. The summed E-state index contributed by atoms with van der Waals surface area (Å²) < 4.78 is 74.2. The van der Waals surface area contributed by atoms with E-state index in [1.165, 1.54) is 31.1 Å². The molecule has 6 nitrogen and oxygen atoms in total. The Morgan fingerprint density at radius 1 is 1.21 bits per heavy atom. The molecule has 2 unspecified atom stereocenters. The van der Waals surface area contributed by atoms with Crippen molar-refractivity contribution in [2.75, 3.05) is 20.6 Å². The molecule has 0 spiro atoms. The second-order valence-corrected chi connectivity index (χ2v) is 11.1. The number of allylic oxidation sites excluding steroid dienone is 4. The lowest BCUT2D eigenvalue weighted by atomic mass is 9.81. The number of carbonyl (C=O) groups is 1. The molecule has 2 amide bonds. The molecule has 1 heterocycles. The first-order chi connectivity index (χ1) is 15.5. The molecule has 1 aromatic rings. The highest BCUT2D eigenvalue weighted by Gasteiger charge is 2.53. The maximum absolute atomic E-state index is 16.1. The van der Waals surface area contributed by atoms with E-state index < -0.39 is 64.4 Å². The number of hydrogen-bond acceptors (Lipinski definition) is 3. The van der Waals surface area contributed by atoms with E-state index in [0.717, 1.165) is 11.0 Å². The van der Waals surface area contributed by atoms with E-state index in [4.69, 9.17) is 0 Å². The first-order valence-corrected chi connectivity index (χ1v) is 12.5. The molecule has 180 valence electrons. The van der Waals surface area contributed by atoms with E-state index in [0.29, 0.717) is 18.4 Å². The van der Waals surface area contributed by atoms with Crippen LogP contribution in [0.5, 0.6) is 0 Å². The van der Waals surface area contributed by atoms with Gasteiger partial charge in [-0.05, 0) is 30.1 Å². The van der Waals surface area contributed by atoms with Crippen molar-refractivity contribution in [2.24, 2.45) is 0 Å². The second-order valence-electron chi connectivity index (χ2n) is 9.14. The van der Waals surface area contributed by atoms with Crippen molar-refractivity contribution in [3.63, 3.8) is 0 Å². The van der Waals surface area contributed by atoms with Gasteiger partial charge >= 0.3 is 6.03 Å². The van der Waals surface area contributed by atoms with Crippen molar-refractivity contribution in [1.82, 2.24) is 14.5 Å². The van der Waals surface area contributed by atoms with E-state index in [9.17, 15) is 13.2 Å². The molecule has 1 aromatic carbocycles. The SMILES string of the molecule is CN(C)C(=O)N1C[C@H](F)[C@H](NS(=O)(=O)C2CC2)[C@@H]1CC1(F)C=CC=C(c2ccccc2)C1F. The Balaban J connectivity index is 1.64. The number of amides is 2. The third-order valence-corrected chi connectivity index (χ3v) is 8.39. The lowest BCUT2D eigenvalue weighted by molar-refractivity contribution is 0.0824. The van der Waals surface area contributed by atoms with Crippen LogP contribution in [0, 0.1) is 0 Å². The van der Waals surface area contributed by atoms with Crippen LogP contribution in [-0.2, 0) is 10.0 Å². The summed E-state index contributed by atoms with van der Waals surface area (Å²) in [5, 5.41) is -0.612. The summed E-state index contributed by atoms with van der Waals surface area (Å²) >= 11 is 0. The van der Waals surface area contributed by atoms with Gasteiger partial charge in [-0.15, -0.1) is 0 Å². The number of urea groups is 1. The van der Waals surface area contributed by atoms with Crippen LogP contribution in [0.3, 0.4) is 0 Å². The number of benzene rings is 1. The third-order valence-electron chi connectivity index (χ3n) is 6.44. The topological polar surface area (TPSA) is 69.7 Å². The van der Waals surface area contributed by atoms with E-state index >= 15 is 13.2 Å². The number of halogens is 3. The number of nitrogens with zero attached hydrogens (tertiary/aromatic N) is 2. The van der Waals surface area contributed by atoms with Gasteiger partial charge in [0.15, 0.2) is 11.8 Å². The summed E-state index contributed by atoms with van der Waals surface area (Å²) in [6.45, 7) is -0.405. The molecule has 1 saturated carbocycles. The minimum atomic E-state index is -3.82. The Morgan fingerprint density at radius 2 is 1.88 bits per heavy atom. The summed E-state index contributed by atoms with van der Waals surface area (Å²) in [5.41, 5.74) is -1.91. The molecule has 1 N–H and O–H groups in total. The van der Waals surface area contributed by atoms with Gasteiger partial charge in [0.05, 0.1) is 23.9 Å². The highest BCUT2D eigenvalue weighted by Crippen LogP contribution is 2.42. The standard InChI is InChI=1S/C23H28F3N3O3S/c1-28(2)22(30)29-14-18(24)20(27-33(31,32)16-10-11-16)19(29)13-23(26)12-6-9-17(21(23)25)15-7-4-3-5-8-15/h3-9,12,16,18-21,27H,10-11,13-14H2,1-2H3/t18-,19-,20-,21?,23?/m0/s1. The smallest absolute Gasteiger partial charge is 0.319 e. The van der Waals surface area contributed by atoms with Crippen molar-refractivity contribution in [2.45, 2.75) is 54.6 Å². The Bertz CT molecular complexity index is 1060. The Hall–Kier alpha value is -2.33. The van der Waals surface area contributed by atoms with Crippen molar-refractivity contribution < 1.29 is 26.4 Å². The van der Waals surface area contributed by atoms with Gasteiger partial charge in [0, 0.05) is 20.5 Å². The molecule has 0 aromatic heterocycles. The Kier molecular flexibility index (Phi) is 6.34. The summed E-state index contributed by atoms with van der Waals surface area (Å²) in [4.78, 5) is 15.0. The largest absolute Gasteiger partial charge is 0.331 e. The Morgan fingerprint density at radius 3 is 2.48 bits per heavy atom. The van der Waals surface area contributed by atoms with Crippen LogP contribution < -0.4 is 4.72 Å². The average Bonchev–Trinajstić information content (AvgIpc) is 3.59. The molecule has 0 bridgehead atoms. The zero-order valence-electron chi connectivity index (χ0n) is 18.5. The normalized spacial score (nSPS) is 32.0. The average molecular weight is 484 g/mol. The van der Waals surface area contributed by atoms with E-state index in [1.807, 2.05) is 0 Å². The van der Waals surface area contributed by atoms with E-state index in [2.05, 4.69) is 4.72 Å². The number of carbonyl (C=O) groups excluding carboxylic acids is 1. The monoisotopic (exact) mass is 483 g/mol. The molecule has 2 aliphatic carbocycles. The molecule has 1 saturated heterocycles. The zero-order valence-corrected chi connectivity index (χ0v) is 19.3. The van der Waals surface area contributed by atoms with Gasteiger partial charge in [0.25, 0.3) is 0 Å². The fourth-order valence-corrected chi connectivity index (χ4v) is 6.14. The number of alkyl halides is 3. The van der Waals surface area contributed by atoms with Crippen LogP contribution in [0.4, 0.5) is 18.0 Å². The van der Waals surface area contributed by atoms with Crippen LogP contribution in [0.1, 0.15) is 24.8 Å². The predicted molar refractivity (Wildman–Crippen MR) is 120 cm³/mol. The molecule has 0 radical (unpaired) electrons. The van der Waals surface area contributed by atoms with E-state index in [-0.39, 0.29) is 5.57 Å². The lowest BCUT2D eigenvalue weighted by Crippen LogP contribution is -2.54. The van der Waals surface area contributed by atoms with Crippen LogP contribution in [0.25, 0.3) is 5.57 Å².